The highest BCUT2D eigenvalue weighted by molar-refractivity contribution is 5.85. The van der Waals surface area contributed by atoms with E-state index < -0.39 is 11.8 Å². The molecule has 2 rings (SSSR count). The lowest BCUT2D eigenvalue weighted by Gasteiger charge is -2.28. The molecule has 2 atom stereocenters. The lowest BCUT2D eigenvalue weighted by atomic mass is 9.77. The molecule has 0 amide bonds. The van der Waals surface area contributed by atoms with Gasteiger partial charge in [0.25, 0.3) is 0 Å². The summed E-state index contributed by atoms with van der Waals surface area (Å²) in [7, 11) is 2.67. The largest absolute Gasteiger partial charge is 0.469 e. The Hall–Kier alpha value is -2.36. The zero-order valence-corrected chi connectivity index (χ0v) is 12.9. The van der Waals surface area contributed by atoms with Crippen molar-refractivity contribution >= 4 is 17.5 Å². The Morgan fingerprint density at radius 2 is 1.64 bits per heavy atom. The third kappa shape index (κ3) is 3.27. The van der Waals surface area contributed by atoms with Crippen molar-refractivity contribution in [2.24, 2.45) is 11.8 Å². The summed E-state index contributed by atoms with van der Waals surface area (Å²) in [4.78, 5) is 23.9. The molecule has 0 saturated heterocycles. The first-order valence-corrected chi connectivity index (χ1v) is 7.17. The third-order valence-corrected chi connectivity index (χ3v) is 4.06. The molecule has 1 aliphatic rings. The van der Waals surface area contributed by atoms with Gasteiger partial charge in [-0.3, -0.25) is 9.59 Å². The molecule has 116 valence electrons. The highest BCUT2D eigenvalue weighted by atomic mass is 16.5. The summed E-state index contributed by atoms with van der Waals surface area (Å²) in [5.41, 5.74) is 2.86. The van der Waals surface area contributed by atoms with Crippen LogP contribution < -0.4 is 0 Å². The molecular formula is C18H20O4. The second kappa shape index (κ2) is 7.07. The van der Waals surface area contributed by atoms with Crippen LogP contribution in [0, 0.1) is 11.8 Å². The highest BCUT2D eigenvalue weighted by Gasteiger charge is 2.38. The van der Waals surface area contributed by atoms with E-state index in [2.05, 4.69) is 6.58 Å². The van der Waals surface area contributed by atoms with Crippen LogP contribution in [0.4, 0.5) is 0 Å². The average molecular weight is 300 g/mol. The molecule has 4 nitrogen and oxygen atoms in total. The van der Waals surface area contributed by atoms with Gasteiger partial charge in [0.15, 0.2) is 0 Å². The van der Waals surface area contributed by atoms with Crippen LogP contribution in [-0.2, 0) is 19.1 Å². The zero-order chi connectivity index (χ0) is 16.1. The topological polar surface area (TPSA) is 52.6 Å². The molecule has 1 aromatic carbocycles. The van der Waals surface area contributed by atoms with Crippen molar-refractivity contribution in [3.8, 4) is 0 Å². The van der Waals surface area contributed by atoms with E-state index in [0.717, 1.165) is 16.7 Å². The van der Waals surface area contributed by atoms with Gasteiger partial charge >= 0.3 is 11.9 Å². The maximum atomic E-state index is 12.0. The number of esters is 2. The molecule has 0 saturated carbocycles. The molecule has 0 aromatic heterocycles. The van der Waals surface area contributed by atoms with E-state index in [1.165, 1.54) is 14.2 Å². The maximum absolute atomic E-state index is 12.0. The number of rotatable bonds is 4. The average Bonchev–Trinajstić information content (AvgIpc) is 2.59. The number of allylic oxidation sites excluding steroid dienone is 3. The SMILES string of the molecule is C=C(C1=CC[C@H](C(=O)OC)[C@@H](C(=O)OC)C1)c1ccccc1. The molecule has 4 heteroatoms. The van der Waals surface area contributed by atoms with Crippen LogP contribution in [0.15, 0.2) is 48.6 Å². The lowest BCUT2D eigenvalue weighted by molar-refractivity contribution is -0.157. The Bertz CT molecular complexity index is 601. The van der Waals surface area contributed by atoms with Crippen molar-refractivity contribution in [1.29, 1.82) is 0 Å². The standard InChI is InChI=1S/C18H20O4/c1-12(13-7-5-4-6-8-13)14-9-10-15(17(19)21-2)16(11-14)18(20)22-3/h4-9,15-16H,1,10-11H2,2-3H3/t15-,16-/m0/s1. The fourth-order valence-electron chi connectivity index (χ4n) is 2.78. The first-order valence-electron chi connectivity index (χ1n) is 7.17. The number of hydrogen-bond acceptors (Lipinski definition) is 4. The Labute approximate surface area is 130 Å². The predicted octanol–water partition coefficient (Wildman–Crippen LogP) is 3.00. The number of carbonyl (C=O) groups is 2. The van der Waals surface area contributed by atoms with Crippen LogP contribution in [0.2, 0.25) is 0 Å². The molecule has 0 N–H and O–H groups in total. The van der Waals surface area contributed by atoms with Crippen molar-refractivity contribution in [1.82, 2.24) is 0 Å². The molecule has 0 unspecified atom stereocenters. The number of hydrogen-bond donors (Lipinski definition) is 0. The van der Waals surface area contributed by atoms with Gasteiger partial charge in [-0.15, -0.1) is 0 Å². The van der Waals surface area contributed by atoms with Gasteiger partial charge in [-0.1, -0.05) is 43.0 Å². The molecule has 1 aliphatic carbocycles. The van der Waals surface area contributed by atoms with Crippen LogP contribution in [0.3, 0.4) is 0 Å². The second-order valence-corrected chi connectivity index (χ2v) is 5.27. The van der Waals surface area contributed by atoms with Crippen molar-refractivity contribution in [3.05, 3.63) is 54.1 Å². The van der Waals surface area contributed by atoms with E-state index in [0.29, 0.717) is 12.8 Å². The fourth-order valence-corrected chi connectivity index (χ4v) is 2.78. The van der Waals surface area contributed by atoms with Gasteiger partial charge in [0.05, 0.1) is 26.1 Å². The highest BCUT2D eigenvalue weighted by Crippen LogP contribution is 2.37. The maximum Gasteiger partial charge on any atom is 0.309 e. The van der Waals surface area contributed by atoms with E-state index in [4.69, 9.17) is 9.47 Å². The van der Waals surface area contributed by atoms with Crippen molar-refractivity contribution in [2.75, 3.05) is 14.2 Å². The Kier molecular flexibility index (Phi) is 5.15. The van der Waals surface area contributed by atoms with E-state index in [1.807, 2.05) is 36.4 Å². The smallest absolute Gasteiger partial charge is 0.309 e. The van der Waals surface area contributed by atoms with E-state index in [-0.39, 0.29) is 11.9 Å². The normalized spacial score (nSPS) is 20.7. The first kappa shape index (κ1) is 16.0. The number of benzene rings is 1. The summed E-state index contributed by atoms with van der Waals surface area (Å²) in [5, 5.41) is 0. The first-order chi connectivity index (χ1) is 10.6. The molecule has 22 heavy (non-hydrogen) atoms. The Morgan fingerprint density at radius 3 is 2.23 bits per heavy atom. The summed E-state index contributed by atoms with van der Waals surface area (Å²) in [6.07, 6.45) is 2.85. The molecule has 1 aromatic rings. The van der Waals surface area contributed by atoms with E-state index >= 15 is 0 Å². The summed E-state index contributed by atoms with van der Waals surface area (Å²) in [5.74, 6) is -1.79. The minimum Gasteiger partial charge on any atom is -0.469 e. The summed E-state index contributed by atoms with van der Waals surface area (Å²) in [6.45, 7) is 4.12. The molecule has 0 aliphatic heterocycles. The molecule has 0 bridgehead atoms. The van der Waals surface area contributed by atoms with Gasteiger partial charge in [0, 0.05) is 0 Å². The third-order valence-electron chi connectivity index (χ3n) is 4.06. The van der Waals surface area contributed by atoms with Crippen molar-refractivity contribution in [3.63, 3.8) is 0 Å². The Morgan fingerprint density at radius 1 is 1.05 bits per heavy atom. The van der Waals surface area contributed by atoms with E-state index in [1.54, 1.807) is 0 Å². The van der Waals surface area contributed by atoms with Gasteiger partial charge in [-0.05, 0) is 29.6 Å². The summed E-state index contributed by atoms with van der Waals surface area (Å²) >= 11 is 0. The molecular weight excluding hydrogens is 280 g/mol. The molecule has 0 radical (unpaired) electrons. The molecule has 0 heterocycles. The molecule has 0 fully saturated rings. The van der Waals surface area contributed by atoms with Gasteiger partial charge in [-0.25, -0.2) is 0 Å². The number of ether oxygens (including phenoxy) is 2. The quantitative estimate of drug-likeness (QED) is 0.802. The van der Waals surface area contributed by atoms with Gasteiger partial charge < -0.3 is 9.47 Å². The predicted molar refractivity (Wildman–Crippen MR) is 83.8 cm³/mol. The summed E-state index contributed by atoms with van der Waals surface area (Å²) in [6, 6.07) is 9.78. The summed E-state index contributed by atoms with van der Waals surface area (Å²) < 4.78 is 9.64. The van der Waals surface area contributed by atoms with Gasteiger partial charge in [0.1, 0.15) is 0 Å². The number of methoxy groups -OCH3 is 2. The lowest BCUT2D eigenvalue weighted by Crippen LogP contribution is -2.34. The monoisotopic (exact) mass is 300 g/mol. The fraction of sp³-hybridized carbons (Fsp3) is 0.333. The zero-order valence-electron chi connectivity index (χ0n) is 12.9. The number of carbonyl (C=O) groups excluding carboxylic acids is 2. The second-order valence-electron chi connectivity index (χ2n) is 5.27. The Balaban J connectivity index is 2.25. The minimum atomic E-state index is -0.530. The van der Waals surface area contributed by atoms with Gasteiger partial charge in [-0.2, -0.15) is 0 Å². The minimum absolute atomic E-state index is 0.379. The van der Waals surface area contributed by atoms with Crippen LogP contribution >= 0.6 is 0 Å². The van der Waals surface area contributed by atoms with Crippen molar-refractivity contribution < 1.29 is 19.1 Å². The van der Waals surface area contributed by atoms with E-state index in [9.17, 15) is 9.59 Å². The van der Waals surface area contributed by atoms with Crippen LogP contribution in [-0.4, -0.2) is 26.2 Å². The van der Waals surface area contributed by atoms with Crippen LogP contribution in [0.5, 0.6) is 0 Å². The molecule has 0 spiro atoms. The van der Waals surface area contributed by atoms with Crippen LogP contribution in [0.1, 0.15) is 18.4 Å². The van der Waals surface area contributed by atoms with Gasteiger partial charge in [0.2, 0.25) is 0 Å². The van der Waals surface area contributed by atoms with Crippen molar-refractivity contribution in [2.45, 2.75) is 12.8 Å². The van der Waals surface area contributed by atoms with Crippen LogP contribution in [0.25, 0.3) is 5.57 Å².